The Balaban J connectivity index is 2.26. The number of ether oxygens (including phenoxy) is 1. The highest BCUT2D eigenvalue weighted by molar-refractivity contribution is 6.32. The molecule has 0 radical (unpaired) electrons. The molecule has 0 heterocycles. The summed E-state index contributed by atoms with van der Waals surface area (Å²) in [4.78, 5) is 23.4. The Morgan fingerprint density at radius 3 is 2.35 bits per heavy atom. The first kappa shape index (κ1) is 22.3. The number of unbranched alkanes of at least 4 members (excludes halogenated alkanes) is 2. The molecule has 3 N–H and O–H groups in total. The first-order valence-electron chi connectivity index (χ1n) is 9.24. The van der Waals surface area contributed by atoms with Gasteiger partial charge >= 0.3 is 0 Å². The van der Waals surface area contributed by atoms with E-state index in [0.29, 0.717) is 13.0 Å². The largest absolute Gasteiger partial charge is 0.494 e. The van der Waals surface area contributed by atoms with Crippen LogP contribution in [0.25, 0.3) is 0 Å². The average Bonchev–Trinajstić information content (AvgIpc) is 2.59. The molecule has 26 heavy (non-hydrogen) atoms. The Kier molecular flexibility index (Phi) is 9.49. The molecule has 0 aliphatic heterocycles. The van der Waals surface area contributed by atoms with Crippen molar-refractivity contribution in [3.05, 3.63) is 28.3 Å². The van der Waals surface area contributed by atoms with Crippen LogP contribution in [0.15, 0.2) is 12.1 Å². The lowest BCUT2D eigenvalue weighted by Crippen LogP contribution is -2.48. The standard InChI is InChI=1S/C20H31ClN2O3/c1-5-13(2)19(20(22)25)23-17(24)9-7-6-8-10-26-16-11-14(3)18(21)15(4)12-16/h11-13,19H,5-10H2,1-4H3,(H2,22,25)(H,23,24). The monoisotopic (exact) mass is 382 g/mol. The lowest BCUT2D eigenvalue weighted by atomic mass is 9.98. The second-order valence-corrected chi connectivity index (χ2v) is 7.24. The molecule has 0 spiro atoms. The molecule has 2 unspecified atom stereocenters. The molecule has 2 atom stereocenters. The molecule has 1 aromatic rings. The van der Waals surface area contributed by atoms with E-state index < -0.39 is 11.9 Å². The summed E-state index contributed by atoms with van der Waals surface area (Å²) in [6.45, 7) is 8.39. The van der Waals surface area contributed by atoms with Crippen LogP contribution in [0, 0.1) is 19.8 Å². The lowest BCUT2D eigenvalue weighted by Gasteiger charge is -2.21. The number of benzene rings is 1. The molecule has 0 aliphatic carbocycles. The summed E-state index contributed by atoms with van der Waals surface area (Å²) in [5.74, 6) is 0.254. The van der Waals surface area contributed by atoms with Crippen LogP contribution in [0.5, 0.6) is 5.75 Å². The first-order chi connectivity index (χ1) is 12.3. The highest BCUT2D eigenvalue weighted by atomic mass is 35.5. The third-order valence-corrected chi connectivity index (χ3v) is 5.16. The van der Waals surface area contributed by atoms with E-state index in [1.807, 2.05) is 39.8 Å². The van der Waals surface area contributed by atoms with Crippen LogP contribution >= 0.6 is 11.6 Å². The van der Waals surface area contributed by atoms with Crippen LogP contribution in [-0.4, -0.2) is 24.5 Å². The van der Waals surface area contributed by atoms with Crippen molar-refractivity contribution in [3.8, 4) is 5.75 Å². The fourth-order valence-electron chi connectivity index (χ4n) is 2.72. The van der Waals surface area contributed by atoms with E-state index in [0.717, 1.165) is 47.6 Å². The minimum absolute atomic E-state index is 0.0381. The van der Waals surface area contributed by atoms with Crippen molar-refractivity contribution in [1.29, 1.82) is 0 Å². The predicted octanol–water partition coefficient (Wildman–Crippen LogP) is 3.91. The first-order valence-corrected chi connectivity index (χ1v) is 9.62. The van der Waals surface area contributed by atoms with Gasteiger partial charge in [-0.2, -0.15) is 0 Å². The van der Waals surface area contributed by atoms with E-state index in [9.17, 15) is 9.59 Å². The second-order valence-electron chi connectivity index (χ2n) is 6.86. The van der Waals surface area contributed by atoms with Crippen LogP contribution in [0.2, 0.25) is 5.02 Å². The van der Waals surface area contributed by atoms with Crippen LogP contribution in [0.3, 0.4) is 0 Å². The van der Waals surface area contributed by atoms with Crippen molar-refractivity contribution in [2.45, 2.75) is 65.8 Å². The van der Waals surface area contributed by atoms with Crippen molar-refractivity contribution in [2.75, 3.05) is 6.61 Å². The average molecular weight is 383 g/mol. The second kappa shape index (κ2) is 11.1. The predicted molar refractivity (Wildman–Crippen MR) is 105 cm³/mol. The van der Waals surface area contributed by atoms with Gasteiger partial charge in [0.1, 0.15) is 11.8 Å². The smallest absolute Gasteiger partial charge is 0.240 e. The Morgan fingerprint density at radius 1 is 1.19 bits per heavy atom. The van der Waals surface area contributed by atoms with E-state index in [-0.39, 0.29) is 11.8 Å². The molecule has 0 saturated carbocycles. The Bertz CT molecular complexity index is 596. The maximum Gasteiger partial charge on any atom is 0.240 e. The van der Waals surface area contributed by atoms with Gasteiger partial charge in [0.2, 0.25) is 11.8 Å². The number of primary amides is 1. The Labute approximate surface area is 161 Å². The van der Waals surface area contributed by atoms with E-state index >= 15 is 0 Å². The van der Waals surface area contributed by atoms with Gasteiger partial charge in [0.15, 0.2) is 0 Å². The zero-order valence-corrected chi connectivity index (χ0v) is 17.0. The number of carbonyl (C=O) groups is 2. The van der Waals surface area contributed by atoms with Crippen molar-refractivity contribution >= 4 is 23.4 Å². The fraction of sp³-hybridized carbons (Fsp3) is 0.600. The van der Waals surface area contributed by atoms with Gasteiger partial charge in [-0.1, -0.05) is 31.9 Å². The van der Waals surface area contributed by atoms with Gasteiger partial charge in [-0.15, -0.1) is 0 Å². The van der Waals surface area contributed by atoms with Crippen LogP contribution in [0.4, 0.5) is 0 Å². The van der Waals surface area contributed by atoms with Gasteiger partial charge < -0.3 is 15.8 Å². The lowest BCUT2D eigenvalue weighted by molar-refractivity contribution is -0.128. The topological polar surface area (TPSA) is 81.4 Å². The van der Waals surface area contributed by atoms with E-state index in [2.05, 4.69) is 5.32 Å². The van der Waals surface area contributed by atoms with Gasteiger partial charge in [0.05, 0.1) is 6.61 Å². The van der Waals surface area contributed by atoms with E-state index in [4.69, 9.17) is 22.1 Å². The highest BCUT2D eigenvalue weighted by Gasteiger charge is 2.23. The van der Waals surface area contributed by atoms with Gasteiger partial charge in [0, 0.05) is 11.4 Å². The number of hydrogen-bond donors (Lipinski definition) is 2. The molecule has 2 amide bonds. The number of rotatable bonds is 11. The van der Waals surface area contributed by atoms with Gasteiger partial charge in [-0.3, -0.25) is 9.59 Å². The summed E-state index contributed by atoms with van der Waals surface area (Å²) >= 11 is 6.14. The Hall–Kier alpha value is -1.75. The summed E-state index contributed by atoms with van der Waals surface area (Å²) in [5.41, 5.74) is 7.37. The number of aryl methyl sites for hydroxylation is 2. The van der Waals surface area contributed by atoms with E-state index in [1.165, 1.54) is 0 Å². The molecular formula is C20H31ClN2O3. The maximum absolute atomic E-state index is 12.0. The van der Waals surface area contributed by atoms with Gasteiger partial charge in [-0.25, -0.2) is 0 Å². The van der Waals surface area contributed by atoms with Gasteiger partial charge in [-0.05, 0) is 62.3 Å². The van der Waals surface area contributed by atoms with Crippen molar-refractivity contribution in [1.82, 2.24) is 5.32 Å². The number of nitrogens with two attached hydrogens (primary N) is 1. The van der Waals surface area contributed by atoms with Crippen LogP contribution < -0.4 is 15.8 Å². The number of carbonyl (C=O) groups excluding carboxylic acids is 2. The molecule has 0 aromatic heterocycles. The third-order valence-electron chi connectivity index (χ3n) is 4.56. The number of nitrogens with one attached hydrogen (secondary N) is 1. The molecule has 0 fully saturated rings. The SMILES string of the molecule is CCC(C)C(NC(=O)CCCCCOc1cc(C)c(Cl)c(C)c1)C(N)=O. The van der Waals surface area contributed by atoms with Crippen molar-refractivity contribution < 1.29 is 14.3 Å². The third kappa shape index (κ3) is 7.24. The maximum atomic E-state index is 12.0. The van der Waals surface area contributed by atoms with Crippen LogP contribution in [-0.2, 0) is 9.59 Å². The summed E-state index contributed by atoms with van der Waals surface area (Å²) < 4.78 is 5.75. The molecule has 0 saturated heterocycles. The molecule has 1 aromatic carbocycles. The van der Waals surface area contributed by atoms with Crippen molar-refractivity contribution in [2.24, 2.45) is 11.7 Å². The summed E-state index contributed by atoms with van der Waals surface area (Å²) in [7, 11) is 0. The van der Waals surface area contributed by atoms with Crippen LogP contribution in [0.1, 0.15) is 57.1 Å². The van der Waals surface area contributed by atoms with Crippen molar-refractivity contribution in [3.63, 3.8) is 0 Å². The summed E-state index contributed by atoms with van der Waals surface area (Å²) in [6, 6.07) is 3.27. The quantitative estimate of drug-likeness (QED) is 0.569. The zero-order chi connectivity index (χ0) is 19.7. The van der Waals surface area contributed by atoms with E-state index in [1.54, 1.807) is 0 Å². The molecule has 0 bridgehead atoms. The summed E-state index contributed by atoms with van der Waals surface area (Å²) in [5, 5.41) is 3.52. The molecule has 0 aliphatic rings. The van der Waals surface area contributed by atoms with Gasteiger partial charge in [0.25, 0.3) is 0 Å². The number of halogens is 1. The molecule has 1 rings (SSSR count). The normalized spacial score (nSPS) is 13.1. The molecule has 146 valence electrons. The fourth-order valence-corrected chi connectivity index (χ4v) is 2.83. The Morgan fingerprint density at radius 2 is 1.81 bits per heavy atom. The molecule has 5 nitrogen and oxygen atoms in total. The molecular weight excluding hydrogens is 352 g/mol. The highest BCUT2D eigenvalue weighted by Crippen LogP contribution is 2.26. The zero-order valence-electron chi connectivity index (χ0n) is 16.2. The molecule has 6 heteroatoms. The summed E-state index contributed by atoms with van der Waals surface area (Å²) in [6.07, 6.45) is 3.66. The minimum atomic E-state index is -0.591. The minimum Gasteiger partial charge on any atom is -0.494 e. The number of hydrogen-bond acceptors (Lipinski definition) is 3. The number of amides is 2.